The molecule has 0 bridgehead atoms. The van der Waals surface area contributed by atoms with Crippen LogP contribution in [0.4, 0.5) is 0 Å². The maximum absolute atomic E-state index is 5.19. The van der Waals surface area contributed by atoms with E-state index in [1.54, 1.807) is 7.11 Å². The fourth-order valence-electron chi connectivity index (χ4n) is 1.46. The number of methoxy groups -OCH3 is 1. The molecule has 0 unspecified atom stereocenters. The fraction of sp³-hybridized carbons (Fsp3) is 0.778. The summed E-state index contributed by atoms with van der Waals surface area (Å²) >= 11 is 0. The van der Waals surface area contributed by atoms with Gasteiger partial charge in [-0.1, -0.05) is 13.8 Å². The first-order valence-corrected chi connectivity index (χ1v) is 3.90. The summed E-state index contributed by atoms with van der Waals surface area (Å²) < 4.78 is 5.19. The molecule has 0 radical (unpaired) electrons. The summed E-state index contributed by atoms with van der Waals surface area (Å²) in [6, 6.07) is 0. The van der Waals surface area contributed by atoms with Crippen LogP contribution in [-0.4, -0.2) is 7.11 Å². The minimum Gasteiger partial charge on any atom is -0.501 e. The number of hydrogen-bond acceptors (Lipinski definition) is 1. The third-order valence-corrected chi connectivity index (χ3v) is 2.06. The molecule has 1 aliphatic carbocycles. The van der Waals surface area contributed by atoms with E-state index in [0.29, 0.717) is 5.41 Å². The molecule has 0 spiro atoms. The molecule has 58 valence electrons. The Morgan fingerprint density at radius 3 is 2.60 bits per heavy atom. The van der Waals surface area contributed by atoms with Crippen LogP contribution in [0.2, 0.25) is 0 Å². The molecule has 0 fully saturated rings. The van der Waals surface area contributed by atoms with Crippen molar-refractivity contribution in [3.8, 4) is 0 Å². The summed E-state index contributed by atoms with van der Waals surface area (Å²) in [5.41, 5.74) is 0.365. The van der Waals surface area contributed by atoms with Gasteiger partial charge in [-0.05, 0) is 24.3 Å². The zero-order valence-electron chi connectivity index (χ0n) is 7.11. The number of hydrogen-bond donors (Lipinski definition) is 0. The van der Waals surface area contributed by atoms with Crippen LogP contribution in [0, 0.1) is 5.41 Å². The minimum atomic E-state index is 0.365. The molecular formula is C9H16O. The van der Waals surface area contributed by atoms with Gasteiger partial charge in [0, 0.05) is 6.42 Å². The van der Waals surface area contributed by atoms with Crippen molar-refractivity contribution < 1.29 is 4.74 Å². The molecule has 0 aliphatic heterocycles. The molecule has 0 aromatic rings. The highest BCUT2D eigenvalue weighted by molar-refractivity contribution is 5.05. The maximum atomic E-state index is 5.19. The Morgan fingerprint density at radius 1 is 1.50 bits per heavy atom. The van der Waals surface area contributed by atoms with E-state index in [-0.39, 0.29) is 0 Å². The van der Waals surface area contributed by atoms with E-state index in [1.807, 2.05) is 0 Å². The van der Waals surface area contributed by atoms with E-state index < -0.39 is 0 Å². The van der Waals surface area contributed by atoms with Gasteiger partial charge in [-0.2, -0.15) is 0 Å². The topological polar surface area (TPSA) is 9.23 Å². The zero-order valence-corrected chi connectivity index (χ0v) is 7.11. The van der Waals surface area contributed by atoms with E-state index in [0.717, 1.165) is 12.2 Å². The van der Waals surface area contributed by atoms with Crippen LogP contribution < -0.4 is 0 Å². The monoisotopic (exact) mass is 140 g/mol. The van der Waals surface area contributed by atoms with Gasteiger partial charge in [0.25, 0.3) is 0 Å². The molecule has 10 heavy (non-hydrogen) atoms. The average Bonchev–Trinajstić information content (AvgIpc) is 1.86. The van der Waals surface area contributed by atoms with E-state index in [2.05, 4.69) is 19.9 Å². The van der Waals surface area contributed by atoms with Gasteiger partial charge < -0.3 is 4.74 Å². The van der Waals surface area contributed by atoms with Crippen LogP contribution in [0.1, 0.15) is 33.1 Å². The molecule has 1 heteroatoms. The minimum absolute atomic E-state index is 0.365. The average molecular weight is 140 g/mol. The van der Waals surface area contributed by atoms with Crippen molar-refractivity contribution in [2.75, 3.05) is 7.11 Å². The van der Waals surface area contributed by atoms with Gasteiger partial charge in [0.1, 0.15) is 0 Å². The van der Waals surface area contributed by atoms with E-state index >= 15 is 0 Å². The molecule has 0 N–H and O–H groups in total. The largest absolute Gasteiger partial charge is 0.501 e. The Kier molecular flexibility index (Phi) is 2.02. The van der Waals surface area contributed by atoms with Crippen molar-refractivity contribution in [1.29, 1.82) is 0 Å². The Morgan fingerprint density at radius 2 is 2.20 bits per heavy atom. The predicted octanol–water partition coefficient (Wildman–Crippen LogP) is 2.73. The van der Waals surface area contributed by atoms with Gasteiger partial charge in [0.2, 0.25) is 0 Å². The fourth-order valence-corrected chi connectivity index (χ4v) is 1.46. The molecule has 1 rings (SSSR count). The molecule has 1 nitrogen and oxygen atoms in total. The first-order chi connectivity index (χ1) is 4.64. The lowest BCUT2D eigenvalue weighted by molar-refractivity contribution is 0.240. The molecule has 0 aromatic carbocycles. The lowest BCUT2D eigenvalue weighted by Crippen LogP contribution is -2.13. The molecule has 0 aromatic heterocycles. The van der Waals surface area contributed by atoms with Crippen molar-refractivity contribution in [3.63, 3.8) is 0 Å². The first-order valence-electron chi connectivity index (χ1n) is 3.90. The lowest BCUT2D eigenvalue weighted by atomic mass is 9.82. The van der Waals surface area contributed by atoms with Gasteiger partial charge in [-0.3, -0.25) is 0 Å². The smallest absolute Gasteiger partial charge is 0.0921 e. The molecular weight excluding hydrogens is 124 g/mol. The highest BCUT2D eigenvalue weighted by Gasteiger charge is 2.20. The number of allylic oxidation sites excluding steroid dienone is 2. The van der Waals surface area contributed by atoms with Crippen LogP contribution in [0.3, 0.4) is 0 Å². The summed E-state index contributed by atoms with van der Waals surface area (Å²) in [5, 5.41) is 0. The Bertz CT molecular complexity index is 145. The summed E-state index contributed by atoms with van der Waals surface area (Å²) in [6.45, 7) is 4.51. The predicted molar refractivity (Wildman–Crippen MR) is 42.7 cm³/mol. The summed E-state index contributed by atoms with van der Waals surface area (Å²) in [7, 11) is 1.76. The van der Waals surface area contributed by atoms with Crippen LogP contribution in [0.15, 0.2) is 11.8 Å². The van der Waals surface area contributed by atoms with Crippen LogP contribution >= 0.6 is 0 Å². The quantitative estimate of drug-likeness (QED) is 0.544. The first kappa shape index (κ1) is 7.64. The second kappa shape index (κ2) is 2.65. The molecule has 0 saturated heterocycles. The normalized spacial score (nSPS) is 23.7. The number of ether oxygens (including phenoxy) is 1. The summed E-state index contributed by atoms with van der Waals surface area (Å²) in [6.07, 6.45) is 5.93. The molecule has 1 aliphatic rings. The lowest BCUT2D eigenvalue weighted by Gasteiger charge is -2.26. The Labute approximate surface area is 63.1 Å². The van der Waals surface area contributed by atoms with Crippen molar-refractivity contribution >= 4 is 0 Å². The van der Waals surface area contributed by atoms with Gasteiger partial charge in [0.15, 0.2) is 0 Å². The second-order valence-electron chi connectivity index (χ2n) is 3.66. The molecule has 0 saturated carbocycles. The van der Waals surface area contributed by atoms with Crippen molar-refractivity contribution in [2.24, 2.45) is 5.41 Å². The Balaban J connectivity index is 2.66. The van der Waals surface area contributed by atoms with Crippen molar-refractivity contribution in [3.05, 3.63) is 11.8 Å². The van der Waals surface area contributed by atoms with Gasteiger partial charge in [-0.15, -0.1) is 0 Å². The van der Waals surface area contributed by atoms with Gasteiger partial charge in [0.05, 0.1) is 12.9 Å². The molecule has 0 amide bonds. The van der Waals surface area contributed by atoms with Gasteiger partial charge >= 0.3 is 0 Å². The van der Waals surface area contributed by atoms with E-state index in [1.165, 1.54) is 12.8 Å². The Hall–Kier alpha value is -0.460. The number of rotatable bonds is 1. The highest BCUT2D eigenvalue weighted by Crippen LogP contribution is 2.32. The van der Waals surface area contributed by atoms with Crippen molar-refractivity contribution in [2.45, 2.75) is 33.1 Å². The summed E-state index contributed by atoms with van der Waals surface area (Å²) in [5.74, 6) is 1.16. The van der Waals surface area contributed by atoms with Crippen molar-refractivity contribution in [1.82, 2.24) is 0 Å². The second-order valence-corrected chi connectivity index (χ2v) is 3.66. The third kappa shape index (κ3) is 1.76. The maximum Gasteiger partial charge on any atom is 0.0921 e. The van der Waals surface area contributed by atoms with E-state index in [9.17, 15) is 0 Å². The van der Waals surface area contributed by atoms with Gasteiger partial charge in [-0.25, -0.2) is 0 Å². The SMILES string of the molecule is COC1=CC(C)(C)CCC1. The third-order valence-electron chi connectivity index (χ3n) is 2.06. The van der Waals surface area contributed by atoms with Crippen LogP contribution in [-0.2, 0) is 4.74 Å². The van der Waals surface area contributed by atoms with E-state index in [4.69, 9.17) is 4.74 Å². The molecule has 0 atom stereocenters. The zero-order chi connectivity index (χ0) is 7.61. The van der Waals surface area contributed by atoms with Crippen LogP contribution in [0.5, 0.6) is 0 Å². The summed E-state index contributed by atoms with van der Waals surface area (Å²) in [4.78, 5) is 0. The highest BCUT2D eigenvalue weighted by atomic mass is 16.5. The standard InChI is InChI=1S/C9H16O/c1-9(2)6-4-5-8(7-9)10-3/h7H,4-6H2,1-3H3. The van der Waals surface area contributed by atoms with Crippen LogP contribution in [0.25, 0.3) is 0 Å². The molecule has 0 heterocycles.